The highest BCUT2D eigenvalue weighted by atomic mass is 16.5. The molecular weight excluding hydrogens is 216 g/mol. The Balaban J connectivity index is 2.29. The molecule has 1 unspecified atom stereocenters. The van der Waals surface area contributed by atoms with Crippen LogP contribution in [-0.2, 0) is 11.3 Å². The molecule has 2 N–H and O–H groups in total. The average molecular weight is 238 g/mol. The van der Waals surface area contributed by atoms with Crippen LogP contribution in [0, 0.1) is 6.92 Å². The molecule has 0 aromatic carbocycles. The first-order chi connectivity index (χ1) is 8.03. The number of methoxy groups -OCH3 is 1. The van der Waals surface area contributed by atoms with Crippen molar-refractivity contribution in [3.63, 3.8) is 0 Å². The van der Waals surface area contributed by atoms with E-state index in [0.717, 1.165) is 17.8 Å². The van der Waals surface area contributed by atoms with Crippen LogP contribution in [0.1, 0.15) is 24.6 Å². The summed E-state index contributed by atoms with van der Waals surface area (Å²) in [7, 11) is 1.64. The van der Waals surface area contributed by atoms with Crippen molar-refractivity contribution in [3.8, 4) is 0 Å². The third kappa shape index (κ3) is 5.77. The Kier molecular flexibility index (Phi) is 5.55. The molecule has 1 aromatic rings. The second kappa shape index (κ2) is 6.69. The van der Waals surface area contributed by atoms with Crippen LogP contribution >= 0.6 is 0 Å². The highest BCUT2D eigenvalue weighted by Crippen LogP contribution is 2.08. The molecule has 96 valence electrons. The summed E-state index contributed by atoms with van der Waals surface area (Å²) in [5.41, 5.74) is 1.41. The summed E-state index contributed by atoms with van der Waals surface area (Å²) in [6.07, 6.45) is 2.48. The minimum atomic E-state index is -0.728. The van der Waals surface area contributed by atoms with Crippen molar-refractivity contribution in [3.05, 3.63) is 29.6 Å². The standard InChI is InChI=1S/C13H22N2O2/c1-11-4-5-12(9-15-11)8-14-10-13(2,16)6-7-17-3/h4-5,9,14,16H,6-8,10H2,1-3H3. The van der Waals surface area contributed by atoms with Gasteiger partial charge in [0.05, 0.1) is 5.60 Å². The van der Waals surface area contributed by atoms with Crippen LogP contribution < -0.4 is 5.32 Å². The fourth-order valence-electron chi connectivity index (χ4n) is 1.49. The molecule has 0 aliphatic carbocycles. The summed E-state index contributed by atoms with van der Waals surface area (Å²) in [4.78, 5) is 4.22. The Morgan fingerprint density at radius 1 is 1.47 bits per heavy atom. The molecule has 0 aliphatic heterocycles. The van der Waals surface area contributed by atoms with Crippen LogP contribution in [-0.4, -0.2) is 36.0 Å². The largest absolute Gasteiger partial charge is 0.389 e. The monoisotopic (exact) mass is 238 g/mol. The zero-order chi connectivity index (χ0) is 12.7. The van der Waals surface area contributed by atoms with Gasteiger partial charge in [-0.2, -0.15) is 0 Å². The van der Waals surface area contributed by atoms with Gasteiger partial charge in [-0.25, -0.2) is 0 Å². The van der Waals surface area contributed by atoms with E-state index in [1.54, 1.807) is 7.11 Å². The zero-order valence-corrected chi connectivity index (χ0v) is 10.9. The molecule has 0 spiro atoms. The van der Waals surface area contributed by atoms with Crippen molar-refractivity contribution < 1.29 is 9.84 Å². The highest BCUT2D eigenvalue weighted by molar-refractivity contribution is 5.12. The van der Waals surface area contributed by atoms with E-state index in [-0.39, 0.29) is 0 Å². The molecule has 0 bridgehead atoms. The Labute approximate surface area is 103 Å². The topological polar surface area (TPSA) is 54.4 Å². The summed E-state index contributed by atoms with van der Waals surface area (Å²) in [6.45, 7) is 5.61. The quantitative estimate of drug-likeness (QED) is 0.751. The van der Waals surface area contributed by atoms with Gasteiger partial charge in [-0.1, -0.05) is 6.07 Å². The maximum Gasteiger partial charge on any atom is 0.0765 e. The van der Waals surface area contributed by atoms with Crippen molar-refractivity contribution in [2.24, 2.45) is 0 Å². The molecule has 0 aliphatic rings. The first-order valence-electron chi connectivity index (χ1n) is 5.87. The highest BCUT2D eigenvalue weighted by Gasteiger charge is 2.18. The van der Waals surface area contributed by atoms with Crippen molar-refractivity contribution in [2.75, 3.05) is 20.3 Å². The molecule has 1 rings (SSSR count). The average Bonchev–Trinajstić information content (AvgIpc) is 2.29. The minimum absolute atomic E-state index is 0.546. The normalized spacial score (nSPS) is 14.6. The molecule has 0 radical (unpaired) electrons. The number of ether oxygens (including phenoxy) is 1. The van der Waals surface area contributed by atoms with E-state index in [4.69, 9.17) is 4.74 Å². The van der Waals surface area contributed by atoms with E-state index in [2.05, 4.69) is 10.3 Å². The van der Waals surface area contributed by atoms with Gasteiger partial charge in [-0.05, 0) is 25.5 Å². The second-order valence-corrected chi connectivity index (χ2v) is 4.65. The van der Waals surface area contributed by atoms with Crippen molar-refractivity contribution in [2.45, 2.75) is 32.4 Å². The first-order valence-corrected chi connectivity index (χ1v) is 5.87. The Morgan fingerprint density at radius 2 is 2.24 bits per heavy atom. The second-order valence-electron chi connectivity index (χ2n) is 4.65. The van der Waals surface area contributed by atoms with Gasteiger partial charge < -0.3 is 15.2 Å². The molecule has 1 aromatic heterocycles. The molecule has 0 amide bonds. The number of rotatable bonds is 7. The van der Waals surface area contributed by atoms with Gasteiger partial charge in [0.25, 0.3) is 0 Å². The Bertz CT molecular complexity index is 323. The van der Waals surface area contributed by atoms with Crippen LogP contribution in [0.5, 0.6) is 0 Å². The molecule has 1 heterocycles. The maximum atomic E-state index is 10.0. The summed E-state index contributed by atoms with van der Waals surface area (Å²) in [6, 6.07) is 4.03. The summed E-state index contributed by atoms with van der Waals surface area (Å²) < 4.78 is 4.96. The lowest BCUT2D eigenvalue weighted by atomic mass is 10.0. The van der Waals surface area contributed by atoms with Crippen LogP contribution in [0.2, 0.25) is 0 Å². The molecule has 0 fully saturated rings. The Hall–Kier alpha value is -0.970. The number of nitrogens with zero attached hydrogens (tertiary/aromatic N) is 1. The molecule has 4 nitrogen and oxygen atoms in total. The van der Waals surface area contributed by atoms with Gasteiger partial charge in [0, 0.05) is 45.1 Å². The summed E-state index contributed by atoms with van der Waals surface area (Å²) in [5, 5.41) is 13.2. The van der Waals surface area contributed by atoms with Crippen LogP contribution in [0.3, 0.4) is 0 Å². The molecule has 4 heteroatoms. The van der Waals surface area contributed by atoms with E-state index >= 15 is 0 Å². The van der Waals surface area contributed by atoms with Gasteiger partial charge in [0.2, 0.25) is 0 Å². The maximum absolute atomic E-state index is 10.0. The lowest BCUT2D eigenvalue weighted by Crippen LogP contribution is -2.38. The number of hydrogen-bond acceptors (Lipinski definition) is 4. The van der Waals surface area contributed by atoms with Crippen LogP contribution in [0.4, 0.5) is 0 Å². The molecule has 0 saturated carbocycles. The number of aryl methyl sites for hydroxylation is 1. The van der Waals surface area contributed by atoms with Crippen LogP contribution in [0.25, 0.3) is 0 Å². The van der Waals surface area contributed by atoms with E-state index < -0.39 is 5.60 Å². The summed E-state index contributed by atoms with van der Waals surface area (Å²) >= 11 is 0. The number of aliphatic hydroxyl groups is 1. The molecule has 0 saturated heterocycles. The third-order valence-electron chi connectivity index (χ3n) is 2.65. The minimum Gasteiger partial charge on any atom is -0.389 e. The third-order valence-corrected chi connectivity index (χ3v) is 2.65. The summed E-state index contributed by atoms with van der Waals surface area (Å²) in [5.74, 6) is 0. The number of aromatic nitrogens is 1. The fourth-order valence-corrected chi connectivity index (χ4v) is 1.49. The van der Waals surface area contributed by atoms with Crippen LogP contribution in [0.15, 0.2) is 18.3 Å². The molecule has 17 heavy (non-hydrogen) atoms. The SMILES string of the molecule is COCCC(C)(O)CNCc1ccc(C)nc1. The predicted octanol–water partition coefficient (Wildman–Crippen LogP) is 1.27. The first kappa shape index (κ1) is 14.1. The number of nitrogens with one attached hydrogen (secondary N) is 1. The Morgan fingerprint density at radius 3 is 2.82 bits per heavy atom. The van der Waals surface area contributed by atoms with Gasteiger partial charge in [0.15, 0.2) is 0 Å². The fraction of sp³-hybridized carbons (Fsp3) is 0.615. The van der Waals surface area contributed by atoms with E-state index in [1.807, 2.05) is 32.2 Å². The lowest BCUT2D eigenvalue weighted by molar-refractivity contribution is 0.0247. The predicted molar refractivity (Wildman–Crippen MR) is 67.8 cm³/mol. The number of hydrogen-bond donors (Lipinski definition) is 2. The van der Waals surface area contributed by atoms with Crippen molar-refractivity contribution in [1.82, 2.24) is 10.3 Å². The van der Waals surface area contributed by atoms with E-state index in [0.29, 0.717) is 19.6 Å². The molecular formula is C13H22N2O2. The van der Waals surface area contributed by atoms with Gasteiger partial charge >= 0.3 is 0 Å². The smallest absolute Gasteiger partial charge is 0.0765 e. The van der Waals surface area contributed by atoms with Gasteiger partial charge in [0.1, 0.15) is 0 Å². The van der Waals surface area contributed by atoms with E-state index in [1.165, 1.54) is 0 Å². The van der Waals surface area contributed by atoms with Gasteiger partial charge in [-0.3, -0.25) is 4.98 Å². The van der Waals surface area contributed by atoms with E-state index in [9.17, 15) is 5.11 Å². The lowest BCUT2D eigenvalue weighted by Gasteiger charge is -2.23. The van der Waals surface area contributed by atoms with Crippen molar-refractivity contribution >= 4 is 0 Å². The zero-order valence-electron chi connectivity index (χ0n) is 10.9. The van der Waals surface area contributed by atoms with Crippen molar-refractivity contribution in [1.29, 1.82) is 0 Å². The molecule has 1 atom stereocenters. The van der Waals surface area contributed by atoms with Gasteiger partial charge in [-0.15, -0.1) is 0 Å². The number of pyridine rings is 1.